The van der Waals surface area contributed by atoms with E-state index in [4.69, 9.17) is 0 Å². The van der Waals surface area contributed by atoms with Crippen molar-refractivity contribution in [3.63, 3.8) is 0 Å². The Morgan fingerprint density at radius 3 is 2.64 bits per heavy atom. The molecule has 3 aliphatic rings. The standard InChI is InChI=1S/C19H30N4O2/c1-14-4-8-23(20-14)9-5-19(25)22-12-15-10-17(21-6-2-3-7-21)18(24)11-16(15)13-22/h4,8,15-18,24H,2-3,5-7,9-13H2,1H3/t15-,16+,17-,18-/m1/s1. The Bertz CT molecular complexity index is 610. The summed E-state index contributed by atoms with van der Waals surface area (Å²) in [4.78, 5) is 17.1. The van der Waals surface area contributed by atoms with Gasteiger partial charge in [0.05, 0.1) is 11.8 Å². The second-order valence-electron chi connectivity index (χ2n) is 8.14. The van der Waals surface area contributed by atoms with Crippen LogP contribution >= 0.6 is 0 Å². The molecule has 0 radical (unpaired) electrons. The van der Waals surface area contributed by atoms with E-state index in [9.17, 15) is 9.90 Å². The van der Waals surface area contributed by atoms with Gasteiger partial charge in [-0.1, -0.05) is 0 Å². The van der Waals surface area contributed by atoms with Crippen molar-refractivity contribution >= 4 is 5.91 Å². The number of aromatic nitrogens is 2. The Balaban J connectivity index is 1.31. The van der Waals surface area contributed by atoms with Crippen LogP contribution in [0.15, 0.2) is 12.3 Å². The van der Waals surface area contributed by atoms with Gasteiger partial charge in [-0.15, -0.1) is 0 Å². The highest BCUT2D eigenvalue weighted by Gasteiger charge is 2.44. The van der Waals surface area contributed by atoms with Crippen molar-refractivity contribution in [2.45, 2.75) is 57.7 Å². The first-order valence-corrected chi connectivity index (χ1v) is 9.80. The number of aliphatic hydroxyl groups is 1. The van der Waals surface area contributed by atoms with Crippen molar-refractivity contribution in [3.8, 4) is 0 Å². The molecule has 3 heterocycles. The van der Waals surface area contributed by atoms with Gasteiger partial charge in [-0.3, -0.25) is 14.4 Å². The molecule has 25 heavy (non-hydrogen) atoms. The second-order valence-corrected chi connectivity index (χ2v) is 8.14. The summed E-state index contributed by atoms with van der Waals surface area (Å²) in [6.07, 6.45) is 6.65. The van der Waals surface area contributed by atoms with Gasteiger partial charge in [-0.05, 0) is 63.6 Å². The third-order valence-electron chi connectivity index (χ3n) is 6.40. The fourth-order valence-electron chi connectivity index (χ4n) is 5.03. The minimum atomic E-state index is -0.221. The molecule has 4 rings (SSSR count). The number of hydrogen-bond acceptors (Lipinski definition) is 4. The van der Waals surface area contributed by atoms with Crippen LogP contribution in [0.25, 0.3) is 0 Å². The van der Waals surface area contributed by atoms with Gasteiger partial charge in [0.2, 0.25) is 5.91 Å². The van der Waals surface area contributed by atoms with E-state index in [0.29, 0.717) is 30.8 Å². The molecule has 4 atom stereocenters. The van der Waals surface area contributed by atoms with Crippen LogP contribution in [-0.2, 0) is 11.3 Å². The van der Waals surface area contributed by atoms with Gasteiger partial charge in [-0.25, -0.2) is 0 Å². The molecule has 1 N–H and O–H groups in total. The quantitative estimate of drug-likeness (QED) is 0.892. The van der Waals surface area contributed by atoms with Gasteiger partial charge in [0, 0.05) is 38.3 Å². The molecule has 0 unspecified atom stereocenters. The minimum Gasteiger partial charge on any atom is -0.391 e. The zero-order valence-corrected chi connectivity index (χ0v) is 15.2. The number of hydrogen-bond donors (Lipinski definition) is 1. The average molecular weight is 346 g/mol. The van der Waals surface area contributed by atoms with Gasteiger partial charge in [0.15, 0.2) is 0 Å². The highest BCUT2D eigenvalue weighted by molar-refractivity contribution is 5.76. The van der Waals surface area contributed by atoms with E-state index < -0.39 is 0 Å². The molecule has 6 nitrogen and oxygen atoms in total. The molecule has 2 aliphatic heterocycles. The molecule has 3 fully saturated rings. The highest BCUT2D eigenvalue weighted by Crippen LogP contribution is 2.39. The molecule has 138 valence electrons. The summed E-state index contributed by atoms with van der Waals surface area (Å²) in [5.74, 6) is 1.27. The van der Waals surface area contributed by atoms with Crippen molar-refractivity contribution in [2.24, 2.45) is 11.8 Å². The van der Waals surface area contributed by atoms with E-state index in [-0.39, 0.29) is 12.0 Å². The van der Waals surface area contributed by atoms with Crippen molar-refractivity contribution in [3.05, 3.63) is 18.0 Å². The van der Waals surface area contributed by atoms with Crippen LogP contribution in [-0.4, -0.2) is 68.9 Å². The Morgan fingerprint density at radius 2 is 1.96 bits per heavy atom. The lowest BCUT2D eigenvalue weighted by Crippen LogP contribution is -2.48. The summed E-state index contributed by atoms with van der Waals surface area (Å²) < 4.78 is 1.85. The van der Waals surface area contributed by atoms with Crippen LogP contribution in [0.5, 0.6) is 0 Å². The molecule has 0 spiro atoms. The topological polar surface area (TPSA) is 61.6 Å². The second kappa shape index (κ2) is 7.08. The third kappa shape index (κ3) is 3.60. The summed E-state index contributed by atoms with van der Waals surface area (Å²) in [5, 5.41) is 15.0. The molecule has 0 aromatic carbocycles. The molecule has 1 aromatic heterocycles. The maximum absolute atomic E-state index is 12.6. The summed E-state index contributed by atoms with van der Waals surface area (Å²) >= 11 is 0. The molecule has 6 heteroatoms. The van der Waals surface area contributed by atoms with E-state index >= 15 is 0 Å². The predicted molar refractivity (Wildman–Crippen MR) is 95.0 cm³/mol. The number of aryl methyl sites for hydroxylation is 2. The van der Waals surface area contributed by atoms with Crippen LogP contribution in [0.3, 0.4) is 0 Å². The Labute approximate surface area is 149 Å². The van der Waals surface area contributed by atoms with E-state index in [1.165, 1.54) is 12.8 Å². The summed E-state index contributed by atoms with van der Waals surface area (Å²) in [5.41, 5.74) is 0.988. The van der Waals surface area contributed by atoms with E-state index in [2.05, 4.69) is 10.00 Å². The van der Waals surface area contributed by atoms with Crippen molar-refractivity contribution in [1.29, 1.82) is 0 Å². The van der Waals surface area contributed by atoms with Crippen LogP contribution in [0.1, 0.15) is 37.8 Å². The molecular weight excluding hydrogens is 316 g/mol. The number of likely N-dealkylation sites (tertiary alicyclic amines) is 2. The lowest BCUT2D eigenvalue weighted by Gasteiger charge is -2.40. The molecule has 0 bridgehead atoms. The van der Waals surface area contributed by atoms with Crippen LogP contribution in [0.4, 0.5) is 0 Å². The monoisotopic (exact) mass is 346 g/mol. The van der Waals surface area contributed by atoms with E-state index in [1.54, 1.807) is 0 Å². The van der Waals surface area contributed by atoms with Gasteiger partial charge in [0.1, 0.15) is 0 Å². The third-order valence-corrected chi connectivity index (χ3v) is 6.40. The smallest absolute Gasteiger partial charge is 0.224 e. The SMILES string of the molecule is Cc1ccn(CCC(=O)N2C[C@H]3C[C@@H](N4CCCC4)[C@H](O)C[C@H]3C2)n1. The normalized spacial score (nSPS) is 33.0. The average Bonchev–Trinajstić information content (AvgIpc) is 3.32. The first-order valence-electron chi connectivity index (χ1n) is 9.80. The zero-order chi connectivity index (χ0) is 17.4. The molecular formula is C19H30N4O2. The lowest BCUT2D eigenvalue weighted by atomic mass is 9.77. The maximum Gasteiger partial charge on any atom is 0.224 e. The van der Waals surface area contributed by atoms with Crippen LogP contribution in [0, 0.1) is 18.8 Å². The molecule has 1 aromatic rings. The summed E-state index contributed by atoms with van der Waals surface area (Å²) in [7, 11) is 0. The number of rotatable bonds is 4. The first kappa shape index (κ1) is 17.0. The van der Waals surface area contributed by atoms with Crippen molar-refractivity contribution < 1.29 is 9.90 Å². The minimum absolute atomic E-state index is 0.221. The predicted octanol–water partition coefficient (Wildman–Crippen LogP) is 1.28. The van der Waals surface area contributed by atoms with Gasteiger partial charge in [-0.2, -0.15) is 5.10 Å². The van der Waals surface area contributed by atoms with Gasteiger partial charge >= 0.3 is 0 Å². The van der Waals surface area contributed by atoms with Gasteiger partial charge < -0.3 is 10.0 Å². The van der Waals surface area contributed by atoms with Gasteiger partial charge in [0.25, 0.3) is 0 Å². The van der Waals surface area contributed by atoms with Crippen molar-refractivity contribution in [1.82, 2.24) is 19.6 Å². The van der Waals surface area contributed by atoms with Crippen molar-refractivity contribution in [2.75, 3.05) is 26.2 Å². The van der Waals surface area contributed by atoms with Crippen LogP contribution < -0.4 is 0 Å². The molecule has 2 saturated heterocycles. The number of fused-ring (bicyclic) bond motifs is 1. The fraction of sp³-hybridized carbons (Fsp3) is 0.789. The number of nitrogens with zero attached hydrogens (tertiary/aromatic N) is 4. The summed E-state index contributed by atoms with van der Waals surface area (Å²) in [6, 6.07) is 2.28. The molecule has 1 aliphatic carbocycles. The van der Waals surface area contributed by atoms with E-state index in [1.807, 2.05) is 28.8 Å². The number of carbonyl (C=O) groups is 1. The Kier molecular flexibility index (Phi) is 4.82. The molecule has 1 amide bonds. The largest absolute Gasteiger partial charge is 0.391 e. The molecule has 1 saturated carbocycles. The maximum atomic E-state index is 12.6. The zero-order valence-electron chi connectivity index (χ0n) is 15.2. The number of carbonyl (C=O) groups excluding carboxylic acids is 1. The Morgan fingerprint density at radius 1 is 1.24 bits per heavy atom. The summed E-state index contributed by atoms with van der Waals surface area (Å²) in [6.45, 7) is 6.57. The first-order chi connectivity index (χ1) is 12.1. The van der Waals surface area contributed by atoms with Crippen LogP contribution in [0.2, 0.25) is 0 Å². The fourth-order valence-corrected chi connectivity index (χ4v) is 5.03. The Hall–Kier alpha value is -1.40. The van der Waals surface area contributed by atoms with E-state index in [0.717, 1.165) is 44.7 Å². The lowest BCUT2D eigenvalue weighted by molar-refractivity contribution is -0.130. The number of aliphatic hydroxyl groups excluding tert-OH is 1. The highest BCUT2D eigenvalue weighted by atomic mass is 16.3. The number of amides is 1.